The molecule has 0 spiro atoms. The van der Waals surface area contributed by atoms with Crippen molar-refractivity contribution in [2.75, 3.05) is 12.0 Å². The Morgan fingerprint density at radius 3 is 2.81 bits per heavy atom. The van der Waals surface area contributed by atoms with Gasteiger partial charge in [-0.2, -0.15) is 11.8 Å². The molecule has 1 aromatic rings. The molecule has 0 unspecified atom stereocenters. The largest absolute Gasteiger partial charge is 0.480 e. The number of hydrogen-bond donors (Lipinski definition) is 2. The van der Waals surface area contributed by atoms with Gasteiger partial charge in [0.25, 0.3) is 5.91 Å². The molecular weight excluding hydrogens is 248 g/mol. The van der Waals surface area contributed by atoms with E-state index >= 15 is 0 Å². The third-order valence-corrected chi connectivity index (χ3v) is 3.23. The predicted octanol–water partition coefficient (Wildman–Crippen LogP) is 0.998. The van der Waals surface area contributed by atoms with E-state index in [1.807, 2.05) is 0 Å². The van der Waals surface area contributed by atoms with Crippen molar-refractivity contribution in [3.63, 3.8) is 0 Å². The minimum absolute atomic E-state index is 0.273. The second-order valence-electron chi connectivity index (χ2n) is 3.07. The molecule has 1 heterocycles. The zero-order valence-electron chi connectivity index (χ0n) is 8.89. The summed E-state index contributed by atoms with van der Waals surface area (Å²) in [5.74, 6) is -1.13. The molecular formula is C9H12N2O3S2. The number of thiazole rings is 1. The molecule has 0 aliphatic heterocycles. The summed E-state index contributed by atoms with van der Waals surface area (Å²) in [6, 6.07) is -0.871. The molecule has 16 heavy (non-hydrogen) atoms. The van der Waals surface area contributed by atoms with Crippen LogP contribution in [0.4, 0.5) is 0 Å². The standard InChI is InChI=1S/C9H12N2O3S2/c1-5-10-6(4-16-5)8(12)11-7(3-15-2)9(13)14/h4,7H,3H2,1-2H3,(H,11,12)(H,13,14)/t7-/m0/s1. The molecule has 0 bridgehead atoms. The van der Waals surface area contributed by atoms with Gasteiger partial charge in [0.1, 0.15) is 11.7 Å². The molecule has 0 fully saturated rings. The van der Waals surface area contributed by atoms with Crippen LogP contribution in [0.2, 0.25) is 0 Å². The monoisotopic (exact) mass is 260 g/mol. The minimum atomic E-state index is -1.03. The number of carbonyl (C=O) groups is 2. The second kappa shape index (κ2) is 5.86. The van der Waals surface area contributed by atoms with Crippen LogP contribution in [0.3, 0.4) is 0 Å². The molecule has 0 aliphatic carbocycles. The number of aliphatic carboxylic acids is 1. The quantitative estimate of drug-likeness (QED) is 0.825. The molecule has 0 saturated carbocycles. The Hall–Kier alpha value is -1.08. The number of rotatable bonds is 5. The molecule has 1 rings (SSSR count). The van der Waals surface area contributed by atoms with Gasteiger partial charge in [-0.15, -0.1) is 11.3 Å². The third-order valence-electron chi connectivity index (χ3n) is 1.79. The summed E-state index contributed by atoms with van der Waals surface area (Å²) in [6.07, 6.45) is 1.79. The van der Waals surface area contributed by atoms with E-state index in [2.05, 4.69) is 10.3 Å². The van der Waals surface area contributed by atoms with Gasteiger partial charge in [0.15, 0.2) is 0 Å². The summed E-state index contributed by atoms with van der Waals surface area (Å²) in [5.41, 5.74) is 0.273. The molecule has 88 valence electrons. The van der Waals surface area contributed by atoms with Crippen molar-refractivity contribution in [1.29, 1.82) is 0 Å². The normalized spacial score (nSPS) is 12.1. The Labute approximate surface area is 101 Å². The molecule has 2 N–H and O–H groups in total. The van der Waals surface area contributed by atoms with E-state index in [1.165, 1.54) is 23.1 Å². The minimum Gasteiger partial charge on any atom is -0.480 e. The second-order valence-corrected chi connectivity index (χ2v) is 5.04. The number of aromatic nitrogens is 1. The summed E-state index contributed by atoms with van der Waals surface area (Å²) >= 11 is 2.72. The van der Waals surface area contributed by atoms with E-state index in [9.17, 15) is 9.59 Å². The Balaban J connectivity index is 2.65. The van der Waals surface area contributed by atoms with Gasteiger partial charge in [-0.25, -0.2) is 9.78 Å². The number of amides is 1. The van der Waals surface area contributed by atoms with Crippen LogP contribution in [0.5, 0.6) is 0 Å². The molecule has 0 radical (unpaired) electrons. The van der Waals surface area contributed by atoms with E-state index in [4.69, 9.17) is 5.11 Å². The predicted molar refractivity (Wildman–Crippen MR) is 64.1 cm³/mol. The van der Waals surface area contributed by atoms with Crippen LogP contribution in [0, 0.1) is 6.92 Å². The number of hydrogen-bond acceptors (Lipinski definition) is 5. The zero-order chi connectivity index (χ0) is 12.1. The maximum atomic E-state index is 11.6. The molecule has 0 aliphatic rings. The SMILES string of the molecule is CSC[C@H](NC(=O)c1csc(C)n1)C(=O)O. The average Bonchev–Trinajstić information content (AvgIpc) is 2.64. The van der Waals surface area contributed by atoms with Crippen molar-refractivity contribution in [1.82, 2.24) is 10.3 Å². The maximum absolute atomic E-state index is 11.6. The first kappa shape index (κ1) is 13.0. The van der Waals surface area contributed by atoms with Crippen LogP contribution < -0.4 is 5.32 Å². The lowest BCUT2D eigenvalue weighted by molar-refractivity contribution is -0.138. The van der Waals surface area contributed by atoms with Crippen LogP contribution in [-0.2, 0) is 4.79 Å². The fourth-order valence-electron chi connectivity index (χ4n) is 1.04. The first-order chi connectivity index (χ1) is 7.54. The number of carboxylic acid groups (broad SMARTS) is 1. The zero-order valence-corrected chi connectivity index (χ0v) is 10.5. The molecule has 5 nitrogen and oxygen atoms in total. The van der Waals surface area contributed by atoms with Crippen molar-refractivity contribution in [3.05, 3.63) is 16.1 Å². The first-order valence-electron chi connectivity index (χ1n) is 4.49. The van der Waals surface area contributed by atoms with Gasteiger partial charge >= 0.3 is 5.97 Å². The fraction of sp³-hybridized carbons (Fsp3) is 0.444. The van der Waals surface area contributed by atoms with E-state index in [0.717, 1.165) is 5.01 Å². The maximum Gasteiger partial charge on any atom is 0.327 e. The Morgan fingerprint density at radius 2 is 2.38 bits per heavy atom. The van der Waals surface area contributed by atoms with Gasteiger partial charge < -0.3 is 10.4 Å². The highest BCUT2D eigenvalue weighted by Gasteiger charge is 2.20. The van der Waals surface area contributed by atoms with E-state index in [1.54, 1.807) is 18.6 Å². The van der Waals surface area contributed by atoms with Gasteiger partial charge in [-0.3, -0.25) is 4.79 Å². The molecule has 1 amide bonds. The lowest BCUT2D eigenvalue weighted by atomic mass is 10.3. The molecule has 1 aromatic heterocycles. The number of nitrogens with one attached hydrogen (secondary N) is 1. The van der Waals surface area contributed by atoms with Gasteiger partial charge in [-0.1, -0.05) is 0 Å². The Kier molecular flexibility index (Phi) is 4.75. The van der Waals surface area contributed by atoms with Gasteiger partial charge in [-0.05, 0) is 13.2 Å². The summed E-state index contributed by atoms with van der Waals surface area (Å²) in [4.78, 5) is 26.4. The highest BCUT2D eigenvalue weighted by atomic mass is 32.2. The van der Waals surface area contributed by atoms with E-state index in [0.29, 0.717) is 5.75 Å². The molecule has 0 aromatic carbocycles. The molecule has 7 heteroatoms. The number of nitrogens with zero attached hydrogens (tertiary/aromatic N) is 1. The Bertz CT molecular complexity index is 392. The Morgan fingerprint density at radius 1 is 1.69 bits per heavy atom. The average molecular weight is 260 g/mol. The number of thioether (sulfide) groups is 1. The summed E-state index contributed by atoms with van der Waals surface area (Å²) < 4.78 is 0. The van der Waals surface area contributed by atoms with E-state index < -0.39 is 17.9 Å². The first-order valence-corrected chi connectivity index (χ1v) is 6.76. The van der Waals surface area contributed by atoms with Gasteiger partial charge in [0.2, 0.25) is 0 Å². The van der Waals surface area contributed by atoms with Crippen LogP contribution in [0.15, 0.2) is 5.38 Å². The van der Waals surface area contributed by atoms with Crippen LogP contribution >= 0.6 is 23.1 Å². The highest BCUT2D eigenvalue weighted by Crippen LogP contribution is 2.08. The molecule has 1 atom stereocenters. The van der Waals surface area contributed by atoms with E-state index in [-0.39, 0.29) is 5.69 Å². The lowest BCUT2D eigenvalue weighted by Gasteiger charge is -2.11. The number of aryl methyl sites for hydroxylation is 1. The number of carbonyl (C=O) groups excluding carboxylic acids is 1. The van der Waals surface area contributed by atoms with Crippen molar-refractivity contribution >= 4 is 35.0 Å². The van der Waals surface area contributed by atoms with Crippen molar-refractivity contribution in [2.45, 2.75) is 13.0 Å². The fourth-order valence-corrected chi connectivity index (χ4v) is 2.19. The highest BCUT2D eigenvalue weighted by molar-refractivity contribution is 7.98. The summed E-state index contributed by atoms with van der Waals surface area (Å²) in [7, 11) is 0. The van der Waals surface area contributed by atoms with Crippen molar-refractivity contribution < 1.29 is 14.7 Å². The van der Waals surface area contributed by atoms with Crippen LogP contribution in [0.25, 0.3) is 0 Å². The topological polar surface area (TPSA) is 79.3 Å². The van der Waals surface area contributed by atoms with Gasteiger partial charge in [0, 0.05) is 11.1 Å². The summed E-state index contributed by atoms with van der Waals surface area (Å²) in [6.45, 7) is 1.79. The summed E-state index contributed by atoms with van der Waals surface area (Å²) in [5, 5.41) is 13.7. The van der Waals surface area contributed by atoms with Crippen molar-refractivity contribution in [3.8, 4) is 0 Å². The smallest absolute Gasteiger partial charge is 0.327 e. The van der Waals surface area contributed by atoms with Crippen molar-refractivity contribution in [2.24, 2.45) is 0 Å². The lowest BCUT2D eigenvalue weighted by Crippen LogP contribution is -2.42. The van der Waals surface area contributed by atoms with Gasteiger partial charge in [0.05, 0.1) is 5.01 Å². The number of carboxylic acids is 1. The molecule has 0 saturated heterocycles. The third kappa shape index (κ3) is 3.49. The van der Waals surface area contributed by atoms with Crippen LogP contribution in [-0.4, -0.2) is 40.0 Å². The van der Waals surface area contributed by atoms with Crippen LogP contribution in [0.1, 0.15) is 15.5 Å².